The van der Waals surface area contributed by atoms with Crippen molar-refractivity contribution >= 4 is 4.29 Å². The maximum absolute atomic E-state index is 3.36. The van der Waals surface area contributed by atoms with Gasteiger partial charge in [0.05, 0.1) is 0 Å². The molecule has 0 atom stereocenters. The van der Waals surface area contributed by atoms with E-state index >= 15 is 0 Å². The Hall–Kier alpha value is -0.617. The van der Waals surface area contributed by atoms with Gasteiger partial charge < -0.3 is 0 Å². The Labute approximate surface area is 82.4 Å². The van der Waals surface area contributed by atoms with Crippen molar-refractivity contribution in [3.8, 4) is 0 Å². The van der Waals surface area contributed by atoms with Gasteiger partial charge >= 0.3 is 82.2 Å². The number of nitrogens with one attached hydrogen (secondary N) is 1. The minimum atomic E-state index is -1.69. The molecule has 0 aromatic carbocycles. The van der Waals surface area contributed by atoms with E-state index in [0.717, 1.165) is 6.42 Å². The van der Waals surface area contributed by atoms with Crippen LogP contribution in [0.25, 0.3) is 0 Å². The molecular weight excluding hydrogens is 247 g/mol. The summed E-state index contributed by atoms with van der Waals surface area (Å²) in [5.41, 5.74) is 4.86. The fraction of sp³-hybridized carbons (Fsp3) is 0.273. The number of hydrogen-bond donors (Lipinski definition) is 1. The van der Waals surface area contributed by atoms with E-state index in [0.29, 0.717) is 0 Å². The van der Waals surface area contributed by atoms with Crippen molar-refractivity contribution in [3.63, 3.8) is 0 Å². The Balaban J connectivity index is 2.31. The molecule has 1 aliphatic carbocycles. The van der Waals surface area contributed by atoms with Gasteiger partial charge in [0.2, 0.25) is 0 Å². The summed E-state index contributed by atoms with van der Waals surface area (Å²) >= 11 is -1.69. The molecule has 0 bridgehead atoms. The first-order valence-corrected chi connectivity index (χ1v) is 9.49. The molecule has 0 radical (unpaired) electrons. The molecule has 1 aliphatic rings. The zero-order chi connectivity index (χ0) is 9.31. The number of hydrogen-bond acceptors (Lipinski definition) is 0. The normalized spacial score (nSPS) is 17.5. The third-order valence-electron chi connectivity index (χ3n) is 2.31. The summed E-state index contributed by atoms with van der Waals surface area (Å²) in [4.78, 5) is 3.36. The fourth-order valence-electron chi connectivity index (χ4n) is 1.44. The van der Waals surface area contributed by atoms with E-state index in [1.165, 1.54) is 4.29 Å². The summed E-state index contributed by atoms with van der Waals surface area (Å²) in [6, 6.07) is 4.33. The van der Waals surface area contributed by atoms with Gasteiger partial charge in [0, 0.05) is 0 Å². The molecule has 0 unspecified atom stereocenters. The number of aromatic amines is 1. The average Bonchev–Trinajstić information content (AvgIpc) is 2.78. The molecule has 13 heavy (non-hydrogen) atoms. The predicted molar refractivity (Wildman–Crippen MR) is 54.0 cm³/mol. The van der Waals surface area contributed by atoms with Gasteiger partial charge in [-0.1, -0.05) is 0 Å². The molecule has 0 amide bonds. The zero-order valence-corrected chi connectivity index (χ0v) is 9.76. The van der Waals surface area contributed by atoms with E-state index < -0.39 is 14.8 Å². The Kier molecular flexibility index (Phi) is 2.25. The van der Waals surface area contributed by atoms with Crippen LogP contribution in [-0.4, -0.2) is 4.98 Å². The molecule has 72 valence electrons. The van der Waals surface area contributed by atoms with Crippen LogP contribution in [0.3, 0.4) is 0 Å². The summed E-state index contributed by atoms with van der Waals surface area (Å²) in [5, 5.41) is 0. The molecule has 2 heteroatoms. The van der Waals surface area contributed by atoms with Gasteiger partial charge in [-0.05, 0) is 0 Å². The second kappa shape index (κ2) is 3.27. The van der Waals surface area contributed by atoms with E-state index in [2.05, 4.69) is 46.4 Å². The molecule has 1 aromatic heterocycles. The standard InChI is InChI=1S/C5H5.C4H4N.2CH3.Ru/c2*1-2-4-5-3-1;;;/h1-3H,4H2;1-3,5H;2*1H3;. The van der Waals surface area contributed by atoms with Crippen LogP contribution in [0.2, 0.25) is 11.0 Å². The number of H-pyrrole nitrogens is 1. The Morgan fingerprint density at radius 2 is 2.23 bits per heavy atom. The monoisotopic (exact) mass is 263 g/mol. The van der Waals surface area contributed by atoms with Crippen molar-refractivity contribution in [3.05, 3.63) is 40.7 Å². The van der Waals surface area contributed by atoms with Crippen molar-refractivity contribution in [2.24, 2.45) is 0 Å². The van der Waals surface area contributed by atoms with Gasteiger partial charge in [-0.3, -0.25) is 0 Å². The van der Waals surface area contributed by atoms with Gasteiger partial charge in [0.25, 0.3) is 0 Å². The van der Waals surface area contributed by atoms with E-state index in [1.54, 1.807) is 4.17 Å². The van der Waals surface area contributed by atoms with E-state index in [9.17, 15) is 0 Å². The second-order valence-corrected chi connectivity index (χ2v) is 11.1. The molecular formula is C11H15NRu. The van der Waals surface area contributed by atoms with E-state index in [4.69, 9.17) is 0 Å². The van der Waals surface area contributed by atoms with Gasteiger partial charge in [-0.25, -0.2) is 0 Å². The summed E-state index contributed by atoms with van der Waals surface area (Å²) in [7, 11) is 0. The second-order valence-electron chi connectivity index (χ2n) is 3.38. The average molecular weight is 262 g/mol. The van der Waals surface area contributed by atoms with Crippen LogP contribution in [0.5, 0.6) is 0 Å². The first kappa shape index (κ1) is 8.96. The molecule has 0 aliphatic heterocycles. The van der Waals surface area contributed by atoms with Gasteiger partial charge in [-0.2, -0.15) is 0 Å². The van der Waals surface area contributed by atoms with Gasteiger partial charge in [0.15, 0.2) is 0 Å². The van der Waals surface area contributed by atoms with Crippen molar-refractivity contribution < 1.29 is 14.8 Å². The van der Waals surface area contributed by atoms with Crippen LogP contribution in [0.1, 0.15) is 6.42 Å². The SMILES string of the molecule is [CH3][Ru]([CH3])([C]1=CC=CC1)[c]1ccc[nH]1. The fourth-order valence-corrected chi connectivity index (χ4v) is 5.69. The van der Waals surface area contributed by atoms with Crippen LogP contribution in [0.4, 0.5) is 0 Å². The number of allylic oxidation sites excluding steroid dienone is 4. The quantitative estimate of drug-likeness (QED) is 0.789. The third-order valence-corrected chi connectivity index (χ3v) is 8.63. The minimum absolute atomic E-state index is 1.16. The van der Waals surface area contributed by atoms with Crippen LogP contribution >= 0.6 is 0 Å². The van der Waals surface area contributed by atoms with Crippen LogP contribution in [0, 0.1) is 0 Å². The summed E-state index contributed by atoms with van der Waals surface area (Å²) in [6.07, 6.45) is 9.92. The molecule has 1 aromatic rings. The predicted octanol–water partition coefficient (Wildman–Crippen LogP) is 2.73. The summed E-state index contributed by atoms with van der Waals surface area (Å²) in [6.45, 7) is 0. The molecule has 1 heterocycles. The van der Waals surface area contributed by atoms with Crippen molar-refractivity contribution in [2.45, 2.75) is 17.5 Å². The maximum atomic E-state index is 3.36. The first-order valence-electron chi connectivity index (χ1n) is 4.27. The Morgan fingerprint density at radius 1 is 1.38 bits per heavy atom. The number of rotatable bonds is 2. The van der Waals surface area contributed by atoms with Crippen molar-refractivity contribution in [1.29, 1.82) is 0 Å². The van der Waals surface area contributed by atoms with Crippen LogP contribution in [0.15, 0.2) is 40.7 Å². The molecule has 1 nitrogen and oxygen atoms in total. The Bertz CT molecular complexity index is 344. The van der Waals surface area contributed by atoms with Gasteiger partial charge in [-0.15, -0.1) is 0 Å². The Morgan fingerprint density at radius 3 is 2.77 bits per heavy atom. The molecule has 0 saturated heterocycles. The first-order chi connectivity index (χ1) is 6.21. The number of aromatic nitrogens is 1. The molecule has 1 N–H and O–H groups in total. The molecule has 2 rings (SSSR count). The van der Waals surface area contributed by atoms with Crippen LogP contribution in [-0.2, 0) is 14.8 Å². The third kappa shape index (κ3) is 1.56. The van der Waals surface area contributed by atoms with Gasteiger partial charge in [0.1, 0.15) is 0 Å². The van der Waals surface area contributed by atoms with E-state index in [1.807, 2.05) is 6.20 Å². The molecule has 0 fully saturated rings. The van der Waals surface area contributed by atoms with Crippen LogP contribution < -0.4 is 4.29 Å². The zero-order valence-electron chi connectivity index (χ0n) is 8.02. The topological polar surface area (TPSA) is 15.8 Å². The molecule has 0 spiro atoms. The van der Waals surface area contributed by atoms with Crippen molar-refractivity contribution in [1.82, 2.24) is 4.98 Å². The summed E-state index contributed by atoms with van der Waals surface area (Å²) < 4.78 is 3.12. The van der Waals surface area contributed by atoms with Crippen molar-refractivity contribution in [2.75, 3.05) is 0 Å². The van der Waals surface area contributed by atoms with E-state index in [-0.39, 0.29) is 0 Å². The molecule has 0 saturated carbocycles. The summed E-state index contributed by atoms with van der Waals surface area (Å²) in [5.74, 6) is 0.